The number of aryl methyl sites for hydroxylation is 1. The summed E-state index contributed by atoms with van der Waals surface area (Å²) in [4.78, 5) is 15.0. The number of thiophene rings is 1. The van der Waals surface area contributed by atoms with Crippen molar-refractivity contribution in [1.29, 1.82) is 0 Å². The third-order valence-corrected chi connectivity index (χ3v) is 3.66. The molecule has 90 valence electrons. The van der Waals surface area contributed by atoms with Crippen molar-refractivity contribution < 1.29 is 4.79 Å². The Morgan fingerprint density at radius 2 is 2.31 bits per heavy atom. The standard InChI is InChI=1S/C12H20N2OS/c1-9-5-6-16-11(9)8-14(4)12(15)10(2)7-13-3/h5-6,10,13H,7-8H2,1-4H3. The van der Waals surface area contributed by atoms with Gasteiger partial charge in [0.2, 0.25) is 5.91 Å². The van der Waals surface area contributed by atoms with Crippen molar-refractivity contribution in [2.45, 2.75) is 20.4 Å². The Morgan fingerprint density at radius 3 is 2.81 bits per heavy atom. The fraction of sp³-hybridized carbons (Fsp3) is 0.583. The molecular formula is C12H20N2OS. The van der Waals surface area contributed by atoms with Crippen molar-refractivity contribution in [1.82, 2.24) is 10.2 Å². The summed E-state index contributed by atoms with van der Waals surface area (Å²) < 4.78 is 0. The number of carbonyl (C=O) groups is 1. The Morgan fingerprint density at radius 1 is 1.62 bits per heavy atom. The first-order valence-corrected chi connectivity index (χ1v) is 6.36. The summed E-state index contributed by atoms with van der Waals surface area (Å²) in [6, 6.07) is 2.09. The highest BCUT2D eigenvalue weighted by Crippen LogP contribution is 2.17. The van der Waals surface area contributed by atoms with Gasteiger partial charge in [0.15, 0.2) is 0 Å². The van der Waals surface area contributed by atoms with E-state index in [0.29, 0.717) is 0 Å². The van der Waals surface area contributed by atoms with Gasteiger partial charge < -0.3 is 10.2 Å². The molecule has 1 N–H and O–H groups in total. The summed E-state index contributed by atoms with van der Waals surface area (Å²) in [5.41, 5.74) is 1.27. The third-order valence-electron chi connectivity index (χ3n) is 2.66. The SMILES string of the molecule is CNCC(C)C(=O)N(C)Cc1sccc1C. The number of hydrogen-bond donors (Lipinski definition) is 1. The molecule has 0 radical (unpaired) electrons. The maximum absolute atomic E-state index is 12.0. The maximum atomic E-state index is 12.0. The lowest BCUT2D eigenvalue weighted by Crippen LogP contribution is -2.35. The second-order valence-electron chi connectivity index (χ2n) is 4.18. The highest BCUT2D eigenvalue weighted by atomic mass is 32.1. The van der Waals surface area contributed by atoms with Crippen molar-refractivity contribution in [3.8, 4) is 0 Å². The predicted octanol–water partition coefficient (Wildman–Crippen LogP) is 1.87. The summed E-state index contributed by atoms with van der Waals surface area (Å²) in [6.45, 7) is 5.49. The van der Waals surface area contributed by atoms with E-state index in [4.69, 9.17) is 0 Å². The average Bonchev–Trinajstić information content (AvgIpc) is 2.63. The van der Waals surface area contributed by atoms with Crippen LogP contribution in [-0.2, 0) is 11.3 Å². The molecule has 1 aromatic rings. The van der Waals surface area contributed by atoms with E-state index in [1.54, 1.807) is 16.2 Å². The van der Waals surface area contributed by atoms with Crippen LogP contribution in [0.15, 0.2) is 11.4 Å². The molecule has 1 heterocycles. The largest absolute Gasteiger partial charge is 0.340 e. The summed E-state index contributed by atoms with van der Waals surface area (Å²) in [6.07, 6.45) is 0. The van der Waals surface area contributed by atoms with E-state index in [9.17, 15) is 4.79 Å². The second kappa shape index (κ2) is 6.01. The quantitative estimate of drug-likeness (QED) is 0.852. The van der Waals surface area contributed by atoms with Crippen LogP contribution < -0.4 is 5.32 Å². The minimum Gasteiger partial charge on any atom is -0.340 e. The van der Waals surface area contributed by atoms with Gasteiger partial charge in [-0.1, -0.05) is 6.92 Å². The highest BCUT2D eigenvalue weighted by molar-refractivity contribution is 7.10. The van der Waals surface area contributed by atoms with Crippen LogP contribution in [0.5, 0.6) is 0 Å². The summed E-state index contributed by atoms with van der Waals surface area (Å²) >= 11 is 1.71. The molecule has 1 amide bonds. The minimum atomic E-state index is 0.0373. The van der Waals surface area contributed by atoms with Gasteiger partial charge in [-0.15, -0.1) is 11.3 Å². The number of rotatable bonds is 5. The lowest BCUT2D eigenvalue weighted by Gasteiger charge is -2.21. The topological polar surface area (TPSA) is 32.3 Å². The van der Waals surface area contributed by atoms with E-state index in [1.807, 2.05) is 21.0 Å². The molecule has 0 aliphatic rings. The lowest BCUT2D eigenvalue weighted by atomic mass is 10.1. The van der Waals surface area contributed by atoms with Crippen LogP contribution in [0.4, 0.5) is 0 Å². The van der Waals surface area contributed by atoms with Crippen LogP contribution in [0.1, 0.15) is 17.4 Å². The molecule has 0 aromatic carbocycles. The molecule has 3 nitrogen and oxygen atoms in total. The molecule has 1 rings (SSSR count). The Bertz CT molecular complexity index is 349. The molecule has 4 heteroatoms. The summed E-state index contributed by atoms with van der Waals surface area (Å²) in [7, 11) is 3.74. The lowest BCUT2D eigenvalue weighted by molar-refractivity contribution is -0.134. The van der Waals surface area contributed by atoms with Crippen LogP contribution in [0.25, 0.3) is 0 Å². The van der Waals surface area contributed by atoms with Crippen LogP contribution in [0, 0.1) is 12.8 Å². The summed E-state index contributed by atoms with van der Waals surface area (Å²) in [5.74, 6) is 0.234. The van der Waals surface area contributed by atoms with Gasteiger partial charge in [0.05, 0.1) is 6.54 Å². The number of nitrogens with one attached hydrogen (secondary N) is 1. The van der Waals surface area contributed by atoms with Gasteiger partial charge in [-0.2, -0.15) is 0 Å². The van der Waals surface area contributed by atoms with Gasteiger partial charge in [-0.25, -0.2) is 0 Å². The molecule has 0 aliphatic heterocycles. The van der Waals surface area contributed by atoms with E-state index in [-0.39, 0.29) is 11.8 Å². The van der Waals surface area contributed by atoms with Crippen LogP contribution in [0.2, 0.25) is 0 Å². The zero-order valence-corrected chi connectivity index (χ0v) is 11.2. The Balaban J connectivity index is 2.55. The van der Waals surface area contributed by atoms with E-state index in [0.717, 1.165) is 13.1 Å². The molecule has 0 saturated carbocycles. The zero-order chi connectivity index (χ0) is 12.1. The van der Waals surface area contributed by atoms with Crippen LogP contribution >= 0.6 is 11.3 Å². The smallest absolute Gasteiger partial charge is 0.226 e. The Kier molecular flexibility index (Phi) is 4.96. The predicted molar refractivity (Wildman–Crippen MR) is 68.6 cm³/mol. The van der Waals surface area contributed by atoms with Crippen molar-refractivity contribution >= 4 is 17.2 Å². The third kappa shape index (κ3) is 3.32. The monoisotopic (exact) mass is 240 g/mol. The van der Waals surface area contributed by atoms with Crippen molar-refractivity contribution in [3.63, 3.8) is 0 Å². The van der Waals surface area contributed by atoms with Crippen LogP contribution in [0.3, 0.4) is 0 Å². The first kappa shape index (κ1) is 13.2. The Labute approximate surface area is 101 Å². The number of amides is 1. The molecule has 0 spiro atoms. The van der Waals surface area contributed by atoms with Gasteiger partial charge in [0.1, 0.15) is 0 Å². The molecule has 1 unspecified atom stereocenters. The van der Waals surface area contributed by atoms with Crippen molar-refractivity contribution in [2.24, 2.45) is 5.92 Å². The molecule has 1 atom stereocenters. The fourth-order valence-electron chi connectivity index (χ4n) is 1.63. The molecule has 1 aromatic heterocycles. The zero-order valence-electron chi connectivity index (χ0n) is 10.4. The van der Waals surface area contributed by atoms with Gasteiger partial charge in [0.25, 0.3) is 0 Å². The number of nitrogens with zero attached hydrogens (tertiary/aromatic N) is 1. The van der Waals surface area contributed by atoms with Crippen LogP contribution in [-0.4, -0.2) is 31.4 Å². The van der Waals surface area contributed by atoms with E-state index in [2.05, 4.69) is 23.7 Å². The van der Waals surface area contributed by atoms with Gasteiger partial charge in [0, 0.05) is 24.4 Å². The first-order valence-electron chi connectivity index (χ1n) is 5.48. The van der Waals surface area contributed by atoms with Gasteiger partial charge in [-0.05, 0) is 31.0 Å². The van der Waals surface area contributed by atoms with Crippen molar-refractivity contribution in [2.75, 3.05) is 20.6 Å². The normalized spacial score (nSPS) is 12.5. The van der Waals surface area contributed by atoms with E-state index in [1.165, 1.54) is 10.4 Å². The number of carbonyl (C=O) groups excluding carboxylic acids is 1. The number of hydrogen-bond acceptors (Lipinski definition) is 3. The fourth-order valence-corrected chi connectivity index (χ4v) is 2.59. The Hall–Kier alpha value is -0.870. The molecule has 0 bridgehead atoms. The molecule has 0 fully saturated rings. The first-order chi connectivity index (χ1) is 7.56. The van der Waals surface area contributed by atoms with Crippen molar-refractivity contribution in [3.05, 3.63) is 21.9 Å². The van der Waals surface area contributed by atoms with E-state index >= 15 is 0 Å². The average molecular weight is 240 g/mol. The maximum Gasteiger partial charge on any atom is 0.226 e. The van der Waals surface area contributed by atoms with E-state index < -0.39 is 0 Å². The van der Waals surface area contributed by atoms with Gasteiger partial charge in [-0.3, -0.25) is 4.79 Å². The molecular weight excluding hydrogens is 220 g/mol. The van der Waals surface area contributed by atoms with Gasteiger partial charge >= 0.3 is 0 Å². The molecule has 16 heavy (non-hydrogen) atoms. The minimum absolute atomic E-state index is 0.0373. The highest BCUT2D eigenvalue weighted by Gasteiger charge is 2.17. The molecule has 0 saturated heterocycles. The second-order valence-corrected chi connectivity index (χ2v) is 5.18. The molecule has 0 aliphatic carbocycles. The summed E-state index contributed by atoms with van der Waals surface area (Å²) in [5, 5.41) is 5.10.